The highest BCUT2D eigenvalue weighted by Crippen LogP contribution is 2.29. The van der Waals surface area contributed by atoms with Crippen molar-refractivity contribution in [2.24, 2.45) is 0 Å². The lowest BCUT2D eigenvalue weighted by molar-refractivity contribution is -0.146. The minimum atomic E-state index is -0.738. The molecule has 0 saturated carbocycles. The summed E-state index contributed by atoms with van der Waals surface area (Å²) in [5.41, 5.74) is 1.68. The van der Waals surface area contributed by atoms with E-state index in [-0.39, 0.29) is 11.6 Å². The highest BCUT2D eigenvalue weighted by atomic mass is 35.5. The third kappa shape index (κ3) is 5.75. The van der Waals surface area contributed by atoms with Gasteiger partial charge in [0.15, 0.2) is 6.61 Å². The van der Waals surface area contributed by atoms with Crippen LogP contribution in [0.2, 0.25) is 10.0 Å². The quantitative estimate of drug-likeness (QED) is 0.736. The van der Waals surface area contributed by atoms with Crippen molar-refractivity contribution in [2.45, 2.75) is 6.92 Å². The lowest BCUT2D eigenvalue weighted by Crippen LogP contribution is -2.32. The van der Waals surface area contributed by atoms with Crippen LogP contribution in [-0.2, 0) is 14.3 Å². The van der Waals surface area contributed by atoms with Gasteiger partial charge in [-0.2, -0.15) is 0 Å². The summed E-state index contributed by atoms with van der Waals surface area (Å²) in [6, 6.07) is 11.7. The first-order chi connectivity index (χ1) is 12.4. The van der Waals surface area contributed by atoms with E-state index in [1.54, 1.807) is 36.4 Å². The molecule has 6 nitrogen and oxygen atoms in total. The predicted octanol–water partition coefficient (Wildman–Crippen LogP) is 3.21. The molecule has 0 aliphatic rings. The SMILES string of the molecule is Cc1cccc(C(=O)NCC(=O)OCC(=O)Nc2cccc(Cl)c2Cl)c1. The zero-order valence-corrected chi connectivity index (χ0v) is 15.4. The fourth-order valence-electron chi connectivity index (χ4n) is 2.02. The molecule has 0 atom stereocenters. The van der Waals surface area contributed by atoms with Gasteiger partial charge in [0.05, 0.1) is 15.7 Å². The summed E-state index contributed by atoms with van der Waals surface area (Å²) in [6.07, 6.45) is 0. The maximum absolute atomic E-state index is 11.9. The molecule has 0 heterocycles. The van der Waals surface area contributed by atoms with E-state index in [0.29, 0.717) is 16.3 Å². The Morgan fingerprint density at radius 2 is 1.81 bits per heavy atom. The molecule has 0 aliphatic heterocycles. The second kappa shape index (κ2) is 9.22. The number of amides is 2. The standard InChI is InChI=1S/C18H16Cl2N2O4/c1-11-4-2-5-12(8-11)18(25)21-9-16(24)26-10-15(23)22-14-7-3-6-13(19)17(14)20/h2-8H,9-10H2,1H3,(H,21,25)(H,22,23). The molecule has 0 bridgehead atoms. The second-order valence-electron chi connectivity index (χ2n) is 5.36. The Morgan fingerprint density at radius 1 is 1.08 bits per heavy atom. The van der Waals surface area contributed by atoms with Gasteiger partial charge < -0.3 is 15.4 Å². The molecule has 2 amide bonds. The molecule has 26 heavy (non-hydrogen) atoms. The van der Waals surface area contributed by atoms with Crippen LogP contribution >= 0.6 is 23.2 Å². The number of anilines is 1. The largest absolute Gasteiger partial charge is 0.454 e. The van der Waals surface area contributed by atoms with Crippen LogP contribution in [0.1, 0.15) is 15.9 Å². The third-order valence-electron chi connectivity index (χ3n) is 3.26. The van der Waals surface area contributed by atoms with E-state index in [0.717, 1.165) is 5.56 Å². The molecule has 2 aromatic carbocycles. The first-order valence-corrected chi connectivity index (χ1v) is 8.37. The highest BCUT2D eigenvalue weighted by Gasteiger charge is 2.12. The second-order valence-corrected chi connectivity index (χ2v) is 6.15. The summed E-state index contributed by atoms with van der Waals surface area (Å²) in [7, 11) is 0. The Bertz CT molecular complexity index is 840. The number of carbonyl (C=O) groups excluding carboxylic acids is 3. The van der Waals surface area contributed by atoms with Gasteiger partial charge in [-0.15, -0.1) is 0 Å². The average molecular weight is 395 g/mol. The van der Waals surface area contributed by atoms with Gasteiger partial charge in [-0.05, 0) is 31.2 Å². The van der Waals surface area contributed by atoms with Crippen molar-refractivity contribution >= 4 is 46.7 Å². The number of ether oxygens (including phenoxy) is 1. The molecule has 0 spiro atoms. The van der Waals surface area contributed by atoms with Gasteiger partial charge in [0.2, 0.25) is 0 Å². The monoisotopic (exact) mass is 394 g/mol. The third-order valence-corrected chi connectivity index (χ3v) is 4.08. The Balaban J connectivity index is 1.77. The van der Waals surface area contributed by atoms with Gasteiger partial charge in [-0.25, -0.2) is 0 Å². The number of hydrogen-bond donors (Lipinski definition) is 2. The summed E-state index contributed by atoms with van der Waals surface area (Å²) in [5.74, 6) is -1.72. The Kier molecular flexibility index (Phi) is 7.00. The number of halogens is 2. The van der Waals surface area contributed by atoms with Gasteiger partial charge in [0.1, 0.15) is 6.54 Å². The fraction of sp³-hybridized carbons (Fsp3) is 0.167. The molecule has 0 radical (unpaired) electrons. The summed E-state index contributed by atoms with van der Waals surface area (Å²) in [5, 5.41) is 5.40. The number of hydrogen-bond acceptors (Lipinski definition) is 4. The smallest absolute Gasteiger partial charge is 0.325 e. The van der Waals surface area contributed by atoms with E-state index < -0.39 is 24.4 Å². The van der Waals surface area contributed by atoms with E-state index in [9.17, 15) is 14.4 Å². The van der Waals surface area contributed by atoms with Crippen LogP contribution < -0.4 is 10.6 Å². The van der Waals surface area contributed by atoms with Crippen LogP contribution in [0.4, 0.5) is 5.69 Å². The fourth-order valence-corrected chi connectivity index (χ4v) is 2.37. The Labute approximate surface area is 160 Å². The normalized spacial score (nSPS) is 10.1. The molecule has 0 fully saturated rings. The maximum atomic E-state index is 11.9. The number of esters is 1. The summed E-state index contributed by atoms with van der Waals surface area (Å²) < 4.78 is 4.81. The Morgan fingerprint density at radius 3 is 2.54 bits per heavy atom. The molecule has 136 valence electrons. The number of nitrogens with one attached hydrogen (secondary N) is 2. The van der Waals surface area contributed by atoms with Gasteiger partial charge in [0, 0.05) is 5.56 Å². The summed E-state index contributed by atoms with van der Waals surface area (Å²) >= 11 is 11.8. The summed E-state index contributed by atoms with van der Waals surface area (Å²) in [6.45, 7) is 0.996. The lowest BCUT2D eigenvalue weighted by Gasteiger charge is -2.09. The predicted molar refractivity (Wildman–Crippen MR) is 99.6 cm³/mol. The minimum Gasteiger partial charge on any atom is -0.454 e. The molecule has 2 N–H and O–H groups in total. The Hall–Kier alpha value is -2.57. The summed E-state index contributed by atoms with van der Waals surface area (Å²) in [4.78, 5) is 35.4. The van der Waals surface area contributed by atoms with Gasteiger partial charge >= 0.3 is 5.97 Å². The maximum Gasteiger partial charge on any atom is 0.325 e. The van der Waals surface area contributed by atoms with Gasteiger partial charge in [-0.3, -0.25) is 14.4 Å². The topological polar surface area (TPSA) is 84.5 Å². The van der Waals surface area contributed by atoms with Crippen molar-refractivity contribution in [2.75, 3.05) is 18.5 Å². The van der Waals surface area contributed by atoms with Crippen molar-refractivity contribution in [3.63, 3.8) is 0 Å². The van der Waals surface area contributed by atoms with Crippen LogP contribution in [0.25, 0.3) is 0 Å². The van der Waals surface area contributed by atoms with E-state index in [1.807, 2.05) is 13.0 Å². The molecule has 0 unspecified atom stereocenters. The molecular weight excluding hydrogens is 379 g/mol. The van der Waals surface area contributed by atoms with Crippen molar-refractivity contribution in [1.29, 1.82) is 0 Å². The van der Waals surface area contributed by atoms with E-state index in [4.69, 9.17) is 27.9 Å². The first-order valence-electron chi connectivity index (χ1n) is 7.61. The van der Waals surface area contributed by atoms with Crippen LogP contribution in [0.5, 0.6) is 0 Å². The average Bonchev–Trinajstić information content (AvgIpc) is 2.61. The van der Waals surface area contributed by atoms with Crippen molar-refractivity contribution in [1.82, 2.24) is 5.32 Å². The number of rotatable bonds is 6. The van der Waals surface area contributed by atoms with E-state index in [2.05, 4.69) is 10.6 Å². The zero-order valence-electron chi connectivity index (χ0n) is 13.8. The molecule has 0 aliphatic carbocycles. The van der Waals surface area contributed by atoms with Crippen molar-refractivity contribution in [3.05, 3.63) is 63.6 Å². The first kappa shape index (κ1) is 19.8. The molecule has 2 rings (SSSR count). The van der Waals surface area contributed by atoms with E-state index in [1.165, 1.54) is 0 Å². The number of aryl methyl sites for hydroxylation is 1. The molecule has 8 heteroatoms. The van der Waals surface area contributed by atoms with Crippen LogP contribution in [0, 0.1) is 6.92 Å². The zero-order chi connectivity index (χ0) is 19.1. The van der Waals surface area contributed by atoms with Crippen LogP contribution in [0.15, 0.2) is 42.5 Å². The van der Waals surface area contributed by atoms with Crippen molar-refractivity contribution in [3.8, 4) is 0 Å². The van der Waals surface area contributed by atoms with Gasteiger partial charge in [-0.1, -0.05) is 47.0 Å². The molecule has 2 aromatic rings. The molecule has 0 saturated heterocycles. The van der Waals surface area contributed by atoms with Crippen LogP contribution in [0.3, 0.4) is 0 Å². The van der Waals surface area contributed by atoms with Crippen molar-refractivity contribution < 1.29 is 19.1 Å². The van der Waals surface area contributed by atoms with Crippen LogP contribution in [-0.4, -0.2) is 30.9 Å². The lowest BCUT2D eigenvalue weighted by atomic mass is 10.1. The number of carbonyl (C=O) groups is 3. The molecular formula is C18H16Cl2N2O4. The van der Waals surface area contributed by atoms with Gasteiger partial charge in [0.25, 0.3) is 11.8 Å². The minimum absolute atomic E-state index is 0.194. The van der Waals surface area contributed by atoms with E-state index >= 15 is 0 Å². The molecule has 0 aromatic heterocycles. The highest BCUT2D eigenvalue weighted by molar-refractivity contribution is 6.44. The number of benzene rings is 2.